The number of ether oxygens (including phenoxy) is 1. The summed E-state index contributed by atoms with van der Waals surface area (Å²) >= 11 is 0. The van der Waals surface area contributed by atoms with Crippen LogP contribution in [0.25, 0.3) is 0 Å². The number of carbonyl (C=O) groups is 2. The number of carbonyl (C=O) groups excluding carboxylic acids is 2. The molecule has 110 valence electrons. The highest BCUT2D eigenvalue weighted by Crippen LogP contribution is 2.04. The summed E-state index contributed by atoms with van der Waals surface area (Å²) in [5.41, 5.74) is 0.697. The molecule has 0 saturated carbocycles. The quantitative estimate of drug-likeness (QED) is 0.582. The Labute approximate surface area is 116 Å². The molecule has 0 aliphatic heterocycles. The zero-order valence-corrected chi connectivity index (χ0v) is 11.9. The highest BCUT2D eigenvalue weighted by molar-refractivity contribution is 5.95. The maximum Gasteiger partial charge on any atom is 0.305 e. The molecule has 7 nitrogen and oxygen atoms in total. The largest absolute Gasteiger partial charge is 0.466 e. The van der Waals surface area contributed by atoms with Gasteiger partial charge in [0.05, 0.1) is 12.3 Å². The smallest absolute Gasteiger partial charge is 0.305 e. The van der Waals surface area contributed by atoms with Gasteiger partial charge in [0, 0.05) is 13.0 Å². The van der Waals surface area contributed by atoms with Gasteiger partial charge in [0.25, 0.3) is 11.5 Å². The standard InChI is InChI=1S/C13H19N3O4/c1-4-20-10(17)6-5-7-14-12(18)11-8(2)9(3)15-16-13(11)19/h4-7H2,1-3H3,(H,14,18)(H,16,19). The van der Waals surface area contributed by atoms with Crippen molar-refractivity contribution >= 4 is 11.9 Å². The van der Waals surface area contributed by atoms with Gasteiger partial charge in [0.2, 0.25) is 0 Å². The predicted octanol–water partition coefficient (Wildman–Crippen LogP) is 0.460. The molecule has 0 aromatic carbocycles. The Hall–Kier alpha value is -2.18. The summed E-state index contributed by atoms with van der Waals surface area (Å²) in [6.45, 7) is 5.77. The summed E-state index contributed by atoms with van der Waals surface area (Å²) < 4.78 is 4.77. The Morgan fingerprint density at radius 1 is 1.35 bits per heavy atom. The molecular formula is C13H19N3O4. The van der Waals surface area contributed by atoms with E-state index in [4.69, 9.17) is 4.74 Å². The summed E-state index contributed by atoms with van der Waals surface area (Å²) in [5, 5.41) is 8.67. The molecular weight excluding hydrogens is 262 g/mol. The van der Waals surface area contributed by atoms with Crippen LogP contribution >= 0.6 is 0 Å². The van der Waals surface area contributed by atoms with Crippen molar-refractivity contribution in [3.63, 3.8) is 0 Å². The van der Waals surface area contributed by atoms with Crippen molar-refractivity contribution in [2.75, 3.05) is 13.2 Å². The molecule has 0 spiro atoms. The van der Waals surface area contributed by atoms with Crippen molar-refractivity contribution in [1.82, 2.24) is 15.5 Å². The molecule has 1 amide bonds. The Bertz CT molecular complexity index is 551. The van der Waals surface area contributed by atoms with Gasteiger partial charge in [-0.25, -0.2) is 5.10 Å². The number of H-pyrrole nitrogens is 1. The van der Waals surface area contributed by atoms with Crippen LogP contribution in [0, 0.1) is 13.8 Å². The van der Waals surface area contributed by atoms with E-state index in [2.05, 4.69) is 15.5 Å². The fraction of sp³-hybridized carbons (Fsp3) is 0.538. The van der Waals surface area contributed by atoms with Crippen LogP contribution in [0.3, 0.4) is 0 Å². The molecule has 0 saturated heterocycles. The van der Waals surface area contributed by atoms with E-state index in [9.17, 15) is 14.4 Å². The van der Waals surface area contributed by atoms with Crippen LogP contribution in [0.4, 0.5) is 0 Å². The highest BCUT2D eigenvalue weighted by atomic mass is 16.5. The van der Waals surface area contributed by atoms with Gasteiger partial charge in [0.1, 0.15) is 5.56 Å². The second-order valence-electron chi connectivity index (χ2n) is 4.30. The number of aromatic nitrogens is 2. The van der Waals surface area contributed by atoms with E-state index in [1.807, 2.05) is 0 Å². The maximum atomic E-state index is 11.9. The summed E-state index contributed by atoms with van der Waals surface area (Å²) in [7, 11) is 0. The van der Waals surface area contributed by atoms with Crippen molar-refractivity contribution in [1.29, 1.82) is 0 Å². The number of rotatable bonds is 6. The number of esters is 1. The number of nitrogens with one attached hydrogen (secondary N) is 2. The minimum absolute atomic E-state index is 0.0636. The molecule has 0 aliphatic rings. The van der Waals surface area contributed by atoms with Crippen molar-refractivity contribution in [2.45, 2.75) is 33.6 Å². The summed E-state index contributed by atoms with van der Waals surface area (Å²) in [5.74, 6) is -0.756. The van der Waals surface area contributed by atoms with Gasteiger partial charge in [-0.1, -0.05) is 0 Å². The second-order valence-corrected chi connectivity index (χ2v) is 4.30. The number of aryl methyl sites for hydroxylation is 1. The van der Waals surface area contributed by atoms with Crippen molar-refractivity contribution in [2.24, 2.45) is 0 Å². The monoisotopic (exact) mass is 281 g/mol. The van der Waals surface area contributed by atoms with Crippen LogP contribution in [-0.2, 0) is 9.53 Å². The first kappa shape index (κ1) is 15.9. The Balaban J connectivity index is 2.54. The lowest BCUT2D eigenvalue weighted by atomic mass is 10.1. The third-order valence-corrected chi connectivity index (χ3v) is 2.85. The van der Waals surface area contributed by atoms with Crippen LogP contribution in [0.5, 0.6) is 0 Å². The Morgan fingerprint density at radius 2 is 2.05 bits per heavy atom. The van der Waals surface area contributed by atoms with Gasteiger partial charge < -0.3 is 10.1 Å². The SMILES string of the molecule is CCOC(=O)CCCNC(=O)c1c(C)c(C)n[nH]c1=O. The fourth-order valence-corrected chi connectivity index (χ4v) is 1.66. The second kappa shape index (κ2) is 7.42. The third kappa shape index (κ3) is 4.18. The molecule has 0 unspecified atom stereocenters. The van der Waals surface area contributed by atoms with Crippen LogP contribution in [0.2, 0.25) is 0 Å². The number of amides is 1. The molecule has 1 rings (SSSR count). The maximum absolute atomic E-state index is 11.9. The van der Waals surface area contributed by atoms with E-state index in [0.29, 0.717) is 30.8 Å². The van der Waals surface area contributed by atoms with E-state index >= 15 is 0 Å². The van der Waals surface area contributed by atoms with Gasteiger partial charge in [0.15, 0.2) is 0 Å². The lowest BCUT2D eigenvalue weighted by molar-refractivity contribution is -0.143. The molecule has 0 bridgehead atoms. The van der Waals surface area contributed by atoms with E-state index < -0.39 is 11.5 Å². The van der Waals surface area contributed by atoms with E-state index in [-0.39, 0.29) is 18.0 Å². The minimum Gasteiger partial charge on any atom is -0.466 e. The van der Waals surface area contributed by atoms with Crippen molar-refractivity contribution < 1.29 is 14.3 Å². The average molecular weight is 281 g/mol. The molecule has 20 heavy (non-hydrogen) atoms. The molecule has 1 heterocycles. The lowest BCUT2D eigenvalue weighted by Gasteiger charge is -2.07. The first-order valence-corrected chi connectivity index (χ1v) is 6.47. The van der Waals surface area contributed by atoms with Crippen LogP contribution in [-0.4, -0.2) is 35.2 Å². The average Bonchev–Trinajstić information content (AvgIpc) is 2.40. The molecule has 2 N–H and O–H groups in total. The van der Waals surface area contributed by atoms with Gasteiger partial charge in [-0.2, -0.15) is 5.10 Å². The highest BCUT2D eigenvalue weighted by Gasteiger charge is 2.15. The molecule has 0 fully saturated rings. The molecule has 1 aromatic rings. The van der Waals surface area contributed by atoms with Gasteiger partial charge in [-0.15, -0.1) is 0 Å². The number of hydrogen-bond acceptors (Lipinski definition) is 5. The van der Waals surface area contributed by atoms with E-state index in [0.717, 1.165) is 0 Å². The van der Waals surface area contributed by atoms with Gasteiger partial charge >= 0.3 is 5.97 Å². The zero-order valence-electron chi connectivity index (χ0n) is 11.9. The summed E-state index contributed by atoms with van der Waals surface area (Å²) in [4.78, 5) is 34.7. The Morgan fingerprint density at radius 3 is 2.70 bits per heavy atom. The predicted molar refractivity (Wildman–Crippen MR) is 72.5 cm³/mol. The molecule has 0 radical (unpaired) electrons. The molecule has 0 atom stereocenters. The number of hydrogen-bond donors (Lipinski definition) is 2. The van der Waals surface area contributed by atoms with Gasteiger partial charge in [-0.05, 0) is 32.8 Å². The summed E-state index contributed by atoms with van der Waals surface area (Å²) in [6, 6.07) is 0. The van der Waals surface area contributed by atoms with E-state index in [1.165, 1.54) is 0 Å². The normalized spacial score (nSPS) is 10.2. The van der Waals surface area contributed by atoms with Crippen molar-refractivity contribution in [3.05, 3.63) is 27.2 Å². The van der Waals surface area contributed by atoms with Gasteiger partial charge in [-0.3, -0.25) is 14.4 Å². The minimum atomic E-state index is -0.518. The third-order valence-electron chi connectivity index (χ3n) is 2.85. The topological polar surface area (TPSA) is 101 Å². The lowest BCUT2D eigenvalue weighted by Crippen LogP contribution is -2.32. The number of aromatic amines is 1. The van der Waals surface area contributed by atoms with Crippen molar-refractivity contribution in [3.8, 4) is 0 Å². The fourth-order valence-electron chi connectivity index (χ4n) is 1.66. The van der Waals surface area contributed by atoms with Crippen LogP contribution in [0.15, 0.2) is 4.79 Å². The van der Waals surface area contributed by atoms with Crippen LogP contribution in [0.1, 0.15) is 41.4 Å². The zero-order chi connectivity index (χ0) is 15.1. The van der Waals surface area contributed by atoms with E-state index in [1.54, 1.807) is 20.8 Å². The molecule has 0 aliphatic carbocycles. The van der Waals surface area contributed by atoms with Crippen LogP contribution < -0.4 is 10.9 Å². The summed E-state index contributed by atoms with van der Waals surface area (Å²) in [6.07, 6.45) is 0.699. The first-order valence-electron chi connectivity index (χ1n) is 6.47. The number of nitrogens with zero attached hydrogens (tertiary/aromatic N) is 1. The molecule has 1 aromatic heterocycles. The molecule has 7 heteroatoms. The first-order chi connectivity index (χ1) is 9.47. The Kier molecular flexibility index (Phi) is 5.89.